The second-order valence-electron chi connectivity index (χ2n) is 7.10. The number of rotatable bonds is 5. The van der Waals surface area contributed by atoms with Crippen molar-refractivity contribution in [1.82, 2.24) is 10.2 Å². The minimum absolute atomic E-state index is 0. The molecule has 6 nitrogen and oxygen atoms in total. The second-order valence-corrected chi connectivity index (χ2v) is 7.10. The first kappa shape index (κ1) is 24.1. The highest BCUT2D eigenvalue weighted by molar-refractivity contribution is 5.95. The van der Waals surface area contributed by atoms with Crippen molar-refractivity contribution in [3.8, 4) is 0 Å². The number of aliphatic hydroxyl groups is 1. The summed E-state index contributed by atoms with van der Waals surface area (Å²) in [5.74, 6) is 0.405. The van der Waals surface area contributed by atoms with Crippen LogP contribution >= 0.6 is 24.8 Å². The van der Waals surface area contributed by atoms with E-state index in [-0.39, 0.29) is 42.9 Å². The third kappa shape index (κ3) is 6.89. The van der Waals surface area contributed by atoms with Gasteiger partial charge in [-0.05, 0) is 56.5 Å². The van der Waals surface area contributed by atoms with Gasteiger partial charge in [-0.1, -0.05) is 12.1 Å². The molecule has 2 aliphatic rings. The molecule has 3 N–H and O–H groups in total. The van der Waals surface area contributed by atoms with Gasteiger partial charge in [0, 0.05) is 25.4 Å². The van der Waals surface area contributed by atoms with E-state index in [1.807, 2.05) is 25.1 Å². The first-order valence-electron chi connectivity index (χ1n) is 9.23. The zero-order valence-corrected chi connectivity index (χ0v) is 17.4. The summed E-state index contributed by atoms with van der Waals surface area (Å²) in [6, 6.07) is 7.74. The van der Waals surface area contributed by atoms with Crippen LogP contribution in [0.1, 0.15) is 25.3 Å². The largest absolute Gasteiger partial charge is 0.396 e. The lowest BCUT2D eigenvalue weighted by Crippen LogP contribution is -2.53. The van der Waals surface area contributed by atoms with Crippen LogP contribution in [0.4, 0.5) is 5.69 Å². The van der Waals surface area contributed by atoms with E-state index in [4.69, 9.17) is 4.74 Å². The molecule has 1 aromatic carbocycles. The van der Waals surface area contributed by atoms with Gasteiger partial charge in [0.2, 0.25) is 5.91 Å². The molecule has 154 valence electrons. The van der Waals surface area contributed by atoms with Gasteiger partial charge in [-0.25, -0.2) is 0 Å². The van der Waals surface area contributed by atoms with Crippen molar-refractivity contribution < 1.29 is 14.6 Å². The van der Waals surface area contributed by atoms with Crippen molar-refractivity contribution in [1.29, 1.82) is 0 Å². The van der Waals surface area contributed by atoms with E-state index in [0.29, 0.717) is 25.7 Å². The molecule has 0 bridgehead atoms. The van der Waals surface area contributed by atoms with Gasteiger partial charge in [-0.15, -0.1) is 24.8 Å². The summed E-state index contributed by atoms with van der Waals surface area (Å²) in [5, 5.41) is 15.5. The third-order valence-electron chi connectivity index (χ3n) is 5.16. The summed E-state index contributed by atoms with van der Waals surface area (Å²) in [6.45, 7) is 6.48. The minimum Gasteiger partial charge on any atom is -0.396 e. The van der Waals surface area contributed by atoms with Crippen LogP contribution in [-0.4, -0.2) is 60.9 Å². The Bertz CT molecular complexity index is 583. The standard InChI is InChI=1S/C19H29N3O3.2ClH/c1-14-18(20-7-10-25-14)19(24)21-17-4-2-3-16(11-17)12-22-8-5-15(13-23)6-9-22;;/h2-4,11,14-15,18,20,23H,5-10,12-13H2,1H3,(H,21,24);2*1H/t14-,18+;;/m1../s1. The summed E-state index contributed by atoms with van der Waals surface area (Å²) in [7, 11) is 0. The maximum atomic E-state index is 12.5. The molecule has 0 unspecified atom stereocenters. The smallest absolute Gasteiger partial charge is 0.244 e. The molecule has 2 saturated heterocycles. The molecule has 3 rings (SSSR count). The number of anilines is 1. The van der Waals surface area contributed by atoms with Crippen molar-refractivity contribution in [2.75, 3.05) is 38.2 Å². The Balaban J connectivity index is 0.00000182. The molecule has 0 aromatic heterocycles. The Kier molecular flexibility index (Phi) is 10.6. The van der Waals surface area contributed by atoms with Gasteiger partial charge < -0.3 is 20.5 Å². The summed E-state index contributed by atoms with van der Waals surface area (Å²) >= 11 is 0. The number of carbonyl (C=O) groups is 1. The van der Waals surface area contributed by atoms with Crippen molar-refractivity contribution >= 4 is 36.4 Å². The highest BCUT2D eigenvalue weighted by atomic mass is 35.5. The van der Waals surface area contributed by atoms with Crippen LogP contribution in [0.25, 0.3) is 0 Å². The number of ether oxygens (including phenoxy) is 1. The van der Waals surface area contributed by atoms with Crippen LogP contribution < -0.4 is 10.6 Å². The first-order chi connectivity index (χ1) is 12.2. The first-order valence-corrected chi connectivity index (χ1v) is 9.23. The normalized spacial score (nSPS) is 23.8. The van der Waals surface area contributed by atoms with Crippen LogP contribution in [0, 0.1) is 5.92 Å². The molecule has 2 atom stereocenters. The van der Waals surface area contributed by atoms with Crippen molar-refractivity contribution in [2.45, 2.75) is 38.5 Å². The molecule has 0 radical (unpaired) electrons. The Labute approximate surface area is 173 Å². The molecule has 2 fully saturated rings. The maximum absolute atomic E-state index is 12.5. The third-order valence-corrected chi connectivity index (χ3v) is 5.16. The number of piperidine rings is 1. The molecule has 0 spiro atoms. The summed E-state index contributed by atoms with van der Waals surface area (Å²) in [4.78, 5) is 14.9. The molecule has 1 amide bonds. The fourth-order valence-corrected chi connectivity index (χ4v) is 3.58. The fourth-order valence-electron chi connectivity index (χ4n) is 3.58. The number of nitrogens with zero attached hydrogens (tertiary/aromatic N) is 1. The highest BCUT2D eigenvalue weighted by Gasteiger charge is 2.28. The lowest BCUT2D eigenvalue weighted by Gasteiger charge is -2.31. The van der Waals surface area contributed by atoms with E-state index in [1.165, 1.54) is 5.56 Å². The van der Waals surface area contributed by atoms with Gasteiger partial charge >= 0.3 is 0 Å². The molecule has 0 saturated carbocycles. The van der Waals surface area contributed by atoms with E-state index in [2.05, 4.69) is 21.6 Å². The van der Waals surface area contributed by atoms with Gasteiger partial charge in [0.1, 0.15) is 6.04 Å². The lowest BCUT2D eigenvalue weighted by molar-refractivity contribution is -0.123. The Hall–Kier alpha value is -0.890. The molecular weight excluding hydrogens is 389 g/mol. The van der Waals surface area contributed by atoms with E-state index in [1.54, 1.807) is 0 Å². The topological polar surface area (TPSA) is 73.8 Å². The predicted octanol–water partition coefficient (Wildman–Crippen LogP) is 2.05. The van der Waals surface area contributed by atoms with E-state index in [0.717, 1.165) is 38.2 Å². The molecule has 0 aliphatic carbocycles. The molecule has 8 heteroatoms. The SMILES string of the molecule is C[C@H]1OCCN[C@@H]1C(=O)Nc1cccc(CN2CCC(CO)CC2)c1.Cl.Cl. The molecule has 27 heavy (non-hydrogen) atoms. The Morgan fingerprint density at radius 1 is 1.33 bits per heavy atom. The molecule has 1 aromatic rings. The number of benzene rings is 1. The van der Waals surface area contributed by atoms with E-state index < -0.39 is 0 Å². The van der Waals surface area contributed by atoms with Crippen LogP contribution in [0.15, 0.2) is 24.3 Å². The fraction of sp³-hybridized carbons (Fsp3) is 0.632. The average Bonchev–Trinajstić information content (AvgIpc) is 2.63. The van der Waals surface area contributed by atoms with Gasteiger partial charge in [-0.3, -0.25) is 9.69 Å². The molecule has 2 aliphatic heterocycles. The van der Waals surface area contributed by atoms with Gasteiger partial charge in [0.05, 0.1) is 12.7 Å². The van der Waals surface area contributed by atoms with Crippen LogP contribution in [-0.2, 0) is 16.1 Å². The quantitative estimate of drug-likeness (QED) is 0.680. The predicted molar refractivity (Wildman–Crippen MR) is 112 cm³/mol. The van der Waals surface area contributed by atoms with Gasteiger partial charge in [0.15, 0.2) is 0 Å². The van der Waals surface area contributed by atoms with Crippen LogP contribution in [0.5, 0.6) is 0 Å². The molecular formula is C19H31Cl2N3O3. The van der Waals surface area contributed by atoms with Crippen LogP contribution in [0.3, 0.4) is 0 Å². The average molecular weight is 420 g/mol. The summed E-state index contributed by atoms with van der Waals surface area (Å²) in [5.41, 5.74) is 2.02. The number of nitrogens with one attached hydrogen (secondary N) is 2. The number of halogens is 2. The van der Waals surface area contributed by atoms with Crippen molar-refractivity contribution in [3.63, 3.8) is 0 Å². The van der Waals surface area contributed by atoms with Crippen molar-refractivity contribution in [2.24, 2.45) is 5.92 Å². The van der Waals surface area contributed by atoms with Gasteiger partial charge in [-0.2, -0.15) is 0 Å². The summed E-state index contributed by atoms with van der Waals surface area (Å²) < 4.78 is 5.54. The van der Waals surface area contributed by atoms with Crippen LogP contribution in [0.2, 0.25) is 0 Å². The van der Waals surface area contributed by atoms with Gasteiger partial charge in [0.25, 0.3) is 0 Å². The lowest BCUT2D eigenvalue weighted by atomic mass is 9.97. The number of hydrogen-bond acceptors (Lipinski definition) is 5. The maximum Gasteiger partial charge on any atom is 0.244 e. The van der Waals surface area contributed by atoms with E-state index >= 15 is 0 Å². The number of morpholine rings is 1. The number of carbonyl (C=O) groups excluding carboxylic acids is 1. The number of hydrogen-bond donors (Lipinski definition) is 3. The van der Waals surface area contributed by atoms with E-state index in [9.17, 15) is 9.90 Å². The minimum atomic E-state index is -0.310. The number of amides is 1. The highest BCUT2D eigenvalue weighted by Crippen LogP contribution is 2.20. The second kappa shape index (κ2) is 11.8. The Morgan fingerprint density at radius 3 is 2.74 bits per heavy atom. The monoisotopic (exact) mass is 419 g/mol. The number of aliphatic hydroxyl groups excluding tert-OH is 1. The summed E-state index contributed by atoms with van der Waals surface area (Å²) in [6.07, 6.45) is 1.99. The zero-order valence-electron chi connectivity index (χ0n) is 15.7. The zero-order chi connectivity index (χ0) is 17.6. The van der Waals surface area contributed by atoms with Crippen molar-refractivity contribution in [3.05, 3.63) is 29.8 Å². The molecule has 2 heterocycles. The Morgan fingerprint density at radius 2 is 2.07 bits per heavy atom. The number of likely N-dealkylation sites (tertiary alicyclic amines) is 1.